The van der Waals surface area contributed by atoms with Crippen LogP contribution in [0.3, 0.4) is 0 Å². The van der Waals surface area contributed by atoms with Crippen LogP contribution in [0.5, 0.6) is 0 Å². The van der Waals surface area contributed by atoms with Gasteiger partial charge in [0.2, 0.25) is 0 Å². The van der Waals surface area contributed by atoms with Gasteiger partial charge in [-0.05, 0) is 19.2 Å². The molecule has 0 bridgehead atoms. The molecule has 58 valence electrons. The van der Waals surface area contributed by atoms with Crippen LogP contribution < -0.4 is 0 Å². The van der Waals surface area contributed by atoms with E-state index < -0.39 is 0 Å². The van der Waals surface area contributed by atoms with Gasteiger partial charge in [0, 0.05) is 13.2 Å². The molecule has 0 amide bonds. The standard InChI is InChI=1S/C7H15BO2/c1-2-6-9-8-5-3-4-7-10-8/h2-7H2,1H3. The van der Waals surface area contributed by atoms with Gasteiger partial charge in [-0.15, -0.1) is 0 Å². The van der Waals surface area contributed by atoms with Crippen molar-refractivity contribution in [3.8, 4) is 0 Å². The molecule has 0 aromatic rings. The van der Waals surface area contributed by atoms with E-state index in [-0.39, 0.29) is 7.12 Å². The van der Waals surface area contributed by atoms with Crippen LogP contribution >= 0.6 is 0 Å². The molecule has 1 aliphatic heterocycles. The zero-order chi connectivity index (χ0) is 7.23. The van der Waals surface area contributed by atoms with E-state index >= 15 is 0 Å². The first-order valence-corrected chi connectivity index (χ1v) is 4.16. The monoisotopic (exact) mass is 142 g/mol. The Kier molecular flexibility index (Phi) is 3.84. The first kappa shape index (κ1) is 8.09. The lowest BCUT2D eigenvalue weighted by Crippen LogP contribution is -2.27. The smallest absolute Gasteiger partial charge is 0.411 e. The summed E-state index contributed by atoms with van der Waals surface area (Å²) in [5, 5.41) is 0. The van der Waals surface area contributed by atoms with E-state index in [4.69, 9.17) is 9.31 Å². The minimum atomic E-state index is 0.105. The Bertz CT molecular complexity index is 81.7. The average Bonchev–Trinajstić information content (AvgIpc) is 2.03. The fourth-order valence-electron chi connectivity index (χ4n) is 1.09. The Morgan fingerprint density at radius 2 is 2.40 bits per heavy atom. The Labute approximate surface area is 63.0 Å². The van der Waals surface area contributed by atoms with Crippen LogP contribution in [0.15, 0.2) is 0 Å². The molecule has 0 saturated carbocycles. The Morgan fingerprint density at radius 3 is 3.00 bits per heavy atom. The molecule has 0 atom stereocenters. The van der Waals surface area contributed by atoms with Gasteiger partial charge in [-0.1, -0.05) is 13.3 Å². The molecule has 1 rings (SSSR count). The second-order valence-corrected chi connectivity index (χ2v) is 2.67. The molecule has 0 spiro atoms. The maximum absolute atomic E-state index is 5.41. The van der Waals surface area contributed by atoms with E-state index in [1.54, 1.807) is 0 Å². The van der Waals surface area contributed by atoms with Crippen LogP contribution in [0.2, 0.25) is 6.32 Å². The van der Waals surface area contributed by atoms with E-state index in [1.807, 2.05) is 0 Å². The van der Waals surface area contributed by atoms with Crippen molar-refractivity contribution in [2.45, 2.75) is 32.5 Å². The van der Waals surface area contributed by atoms with Gasteiger partial charge in [0.1, 0.15) is 0 Å². The van der Waals surface area contributed by atoms with Crippen LogP contribution in [-0.2, 0) is 9.31 Å². The van der Waals surface area contributed by atoms with Gasteiger partial charge in [0.15, 0.2) is 0 Å². The predicted octanol–water partition coefficient (Wildman–Crippen LogP) is 1.71. The van der Waals surface area contributed by atoms with Crippen molar-refractivity contribution in [1.82, 2.24) is 0 Å². The highest BCUT2D eigenvalue weighted by molar-refractivity contribution is 6.44. The predicted molar refractivity (Wildman–Crippen MR) is 42.0 cm³/mol. The van der Waals surface area contributed by atoms with Crippen LogP contribution in [-0.4, -0.2) is 20.3 Å². The topological polar surface area (TPSA) is 18.5 Å². The van der Waals surface area contributed by atoms with Gasteiger partial charge in [0.05, 0.1) is 0 Å². The quantitative estimate of drug-likeness (QED) is 0.558. The van der Waals surface area contributed by atoms with E-state index in [1.165, 1.54) is 12.8 Å². The maximum Gasteiger partial charge on any atom is 0.456 e. The van der Waals surface area contributed by atoms with Gasteiger partial charge in [0.25, 0.3) is 0 Å². The average molecular weight is 142 g/mol. The summed E-state index contributed by atoms with van der Waals surface area (Å²) in [4.78, 5) is 0. The highest BCUT2D eigenvalue weighted by Gasteiger charge is 2.20. The largest absolute Gasteiger partial charge is 0.456 e. The molecule has 0 N–H and O–H groups in total. The second kappa shape index (κ2) is 4.75. The first-order valence-electron chi connectivity index (χ1n) is 4.16. The molecule has 1 aliphatic rings. The third-order valence-electron chi connectivity index (χ3n) is 1.65. The van der Waals surface area contributed by atoms with Crippen LogP contribution in [0.25, 0.3) is 0 Å². The number of hydrogen-bond acceptors (Lipinski definition) is 2. The van der Waals surface area contributed by atoms with Gasteiger partial charge in [-0.2, -0.15) is 0 Å². The normalized spacial score (nSPS) is 19.5. The molecular weight excluding hydrogens is 127 g/mol. The SMILES string of the molecule is CCCOB1CCCCO1. The Hall–Kier alpha value is -0.0151. The van der Waals surface area contributed by atoms with Crippen molar-refractivity contribution < 1.29 is 9.31 Å². The van der Waals surface area contributed by atoms with E-state index in [0.29, 0.717) is 0 Å². The summed E-state index contributed by atoms with van der Waals surface area (Å²) >= 11 is 0. The van der Waals surface area contributed by atoms with Gasteiger partial charge >= 0.3 is 7.12 Å². The summed E-state index contributed by atoms with van der Waals surface area (Å²) in [5.74, 6) is 0. The highest BCUT2D eigenvalue weighted by atomic mass is 16.6. The molecule has 0 unspecified atom stereocenters. The second-order valence-electron chi connectivity index (χ2n) is 2.67. The molecule has 0 radical (unpaired) electrons. The molecule has 0 aromatic heterocycles. The zero-order valence-electron chi connectivity index (χ0n) is 6.64. The summed E-state index contributed by atoms with van der Waals surface area (Å²) in [6.07, 6.45) is 4.63. The van der Waals surface area contributed by atoms with Gasteiger partial charge in [-0.25, -0.2) is 0 Å². The van der Waals surface area contributed by atoms with Crippen LogP contribution in [0.1, 0.15) is 26.2 Å². The lowest BCUT2D eigenvalue weighted by Gasteiger charge is -2.18. The van der Waals surface area contributed by atoms with Gasteiger partial charge in [-0.3, -0.25) is 0 Å². The third kappa shape index (κ3) is 2.71. The maximum atomic E-state index is 5.41. The summed E-state index contributed by atoms with van der Waals surface area (Å²) in [6.45, 7) is 3.84. The van der Waals surface area contributed by atoms with E-state index in [9.17, 15) is 0 Å². The van der Waals surface area contributed by atoms with Crippen molar-refractivity contribution in [3.05, 3.63) is 0 Å². The highest BCUT2D eigenvalue weighted by Crippen LogP contribution is 2.11. The van der Waals surface area contributed by atoms with Crippen molar-refractivity contribution in [3.63, 3.8) is 0 Å². The van der Waals surface area contributed by atoms with Crippen LogP contribution in [0.4, 0.5) is 0 Å². The molecule has 1 heterocycles. The molecule has 2 nitrogen and oxygen atoms in total. The van der Waals surface area contributed by atoms with Crippen LogP contribution in [0, 0.1) is 0 Å². The molecule has 1 saturated heterocycles. The van der Waals surface area contributed by atoms with Gasteiger partial charge < -0.3 is 9.31 Å². The summed E-state index contributed by atoms with van der Waals surface area (Å²) in [7, 11) is 0.105. The third-order valence-corrected chi connectivity index (χ3v) is 1.65. The molecular formula is C7H15BO2. The zero-order valence-corrected chi connectivity index (χ0v) is 6.64. The fraction of sp³-hybridized carbons (Fsp3) is 1.00. The fourth-order valence-corrected chi connectivity index (χ4v) is 1.09. The first-order chi connectivity index (χ1) is 4.93. The molecule has 0 aromatic carbocycles. The van der Waals surface area contributed by atoms with Crippen molar-refractivity contribution in [2.24, 2.45) is 0 Å². The van der Waals surface area contributed by atoms with Crippen molar-refractivity contribution in [2.75, 3.05) is 13.2 Å². The number of hydrogen-bond donors (Lipinski definition) is 0. The Morgan fingerprint density at radius 1 is 1.50 bits per heavy atom. The summed E-state index contributed by atoms with van der Waals surface area (Å²) in [6, 6.07) is 0. The lowest BCUT2D eigenvalue weighted by atomic mass is 9.80. The molecule has 10 heavy (non-hydrogen) atoms. The van der Waals surface area contributed by atoms with E-state index in [0.717, 1.165) is 26.0 Å². The summed E-state index contributed by atoms with van der Waals surface area (Å²) < 4.78 is 10.8. The lowest BCUT2D eigenvalue weighted by molar-refractivity contribution is 0.177. The molecule has 0 aliphatic carbocycles. The summed E-state index contributed by atoms with van der Waals surface area (Å²) in [5.41, 5.74) is 0. The van der Waals surface area contributed by atoms with Crippen molar-refractivity contribution in [1.29, 1.82) is 0 Å². The minimum Gasteiger partial charge on any atom is -0.411 e. The molecule has 1 fully saturated rings. The minimum absolute atomic E-state index is 0.105. The number of rotatable bonds is 3. The van der Waals surface area contributed by atoms with E-state index in [2.05, 4.69) is 6.92 Å². The Balaban J connectivity index is 2.02. The molecule has 3 heteroatoms. The van der Waals surface area contributed by atoms with Crippen molar-refractivity contribution >= 4 is 7.12 Å².